The molecule has 0 saturated heterocycles. The molecule has 2 nitrogen and oxygen atoms in total. The lowest BCUT2D eigenvalue weighted by atomic mass is 10.1. The van der Waals surface area contributed by atoms with Gasteiger partial charge in [0.2, 0.25) is 0 Å². The highest BCUT2D eigenvalue weighted by atomic mass is 35.5. The summed E-state index contributed by atoms with van der Waals surface area (Å²) in [5.41, 5.74) is 2.53. The number of quaternary nitrogens is 1. The molecule has 0 fully saturated rings. The second-order valence-electron chi connectivity index (χ2n) is 4.52. The first kappa shape index (κ1) is 11.5. The molecule has 2 aromatic rings. The van der Waals surface area contributed by atoms with Gasteiger partial charge in [-0.2, -0.15) is 0 Å². The van der Waals surface area contributed by atoms with Crippen molar-refractivity contribution in [1.29, 1.82) is 0 Å². The first-order chi connectivity index (χ1) is 7.66. The van der Waals surface area contributed by atoms with Gasteiger partial charge >= 0.3 is 0 Å². The lowest BCUT2D eigenvalue weighted by Gasteiger charge is -2.04. The summed E-state index contributed by atoms with van der Waals surface area (Å²) in [6, 6.07) is 6.66. The topological polar surface area (TPSA) is 32.4 Å². The number of nitrogens with one attached hydrogen (secondary N) is 1. The van der Waals surface area contributed by atoms with Crippen molar-refractivity contribution in [2.75, 3.05) is 6.54 Å². The van der Waals surface area contributed by atoms with Crippen LogP contribution in [0.15, 0.2) is 24.4 Å². The molecule has 0 aliphatic rings. The molecule has 3 heteroatoms. The molecule has 0 amide bonds. The number of nitrogens with two attached hydrogens (primary N) is 1. The Balaban J connectivity index is 2.15. The second kappa shape index (κ2) is 4.89. The molecule has 0 aliphatic heterocycles. The van der Waals surface area contributed by atoms with E-state index in [-0.39, 0.29) is 0 Å². The molecular weight excluding hydrogens is 220 g/mol. The Morgan fingerprint density at radius 3 is 2.94 bits per heavy atom. The number of halogens is 1. The second-order valence-corrected chi connectivity index (χ2v) is 4.96. The first-order valence-electron chi connectivity index (χ1n) is 5.75. The highest BCUT2D eigenvalue weighted by Gasteiger charge is 2.05. The Hall–Kier alpha value is -0.990. The Labute approximate surface area is 101 Å². The van der Waals surface area contributed by atoms with Crippen LogP contribution in [0.2, 0.25) is 5.02 Å². The molecule has 0 saturated carbocycles. The molecule has 16 heavy (non-hydrogen) atoms. The maximum Gasteiger partial charge on any atom is 0.0802 e. The predicted octanol–water partition coefficient (Wildman–Crippen LogP) is 2.34. The van der Waals surface area contributed by atoms with Gasteiger partial charge in [-0.05, 0) is 37.6 Å². The van der Waals surface area contributed by atoms with Crippen LogP contribution in [0.25, 0.3) is 10.9 Å². The van der Waals surface area contributed by atoms with Gasteiger partial charge in [-0.25, -0.2) is 0 Å². The van der Waals surface area contributed by atoms with Gasteiger partial charge in [-0.15, -0.1) is 0 Å². The third-order valence-corrected chi connectivity index (χ3v) is 3.02. The van der Waals surface area contributed by atoms with Crippen LogP contribution >= 0.6 is 11.6 Å². The largest absolute Gasteiger partial charge is 0.361 e. The number of fused-ring (bicyclic) bond motifs is 1. The van der Waals surface area contributed by atoms with E-state index in [9.17, 15) is 0 Å². The molecular formula is C13H18ClN2+. The summed E-state index contributed by atoms with van der Waals surface area (Å²) in [4.78, 5) is 3.28. The normalized spacial score (nSPS) is 11.5. The van der Waals surface area contributed by atoms with Crippen molar-refractivity contribution in [3.63, 3.8) is 0 Å². The minimum atomic E-state index is 0.661. The Morgan fingerprint density at radius 2 is 2.19 bits per heavy atom. The fourth-order valence-corrected chi connectivity index (χ4v) is 2.10. The summed E-state index contributed by atoms with van der Waals surface area (Å²) in [5, 5.41) is 4.41. The number of aromatic amines is 1. The smallest absolute Gasteiger partial charge is 0.0802 e. The van der Waals surface area contributed by atoms with E-state index in [0.29, 0.717) is 6.04 Å². The SMILES string of the molecule is CC(C)[NH2+]CCc1c[nH]c2ccc(Cl)cc12. The molecule has 86 valence electrons. The molecule has 1 heterocycles. The average Bonchev–Trinajstić information content (AvgIpc) is 2.60. The summed E-state index contributed by atoms with van der Waals surface area (Å²) in [5.74, 6) is 0. The number of benzene rings is 1. The summed E-state index contributed by atoms with van der Waals surface area (Å²) in [6.07, 6.45) is 3.17. The molecule has 3 N–H and O–H groups in total. The number of hydrogen-bond donors (Lipinski definition) is 2. The van der Waals surface area contributed by atoms with Crippen LogP contribution in [-0.2, 0) is 6.42 Å². The fourth-order valence-electron chi connectivity index (χ4n) is 1.93. The van der Waals surface area contributed by atoms with Gasteiger partial charge in [-0.1, -0.05) is 11.6 Å². The summed E-state index contributed by atoms with van der Waals surface area (Å²) < 4.78 is 0. The fraction of sp³-hybridized carbons (Fsp3) is 0.385. The molecule has 0 spiro atoms. The molecule has 1 aromatic carbocycles. The van der Waals surface area contributed by atoms with E-state index in [0.717, 1.165) is 18.0 Å². The van der Waals surface area contributed by atoms with Gasteiger partial charge in [0.25, 0.3) is 0 Å². The lowest BCUT2D eigenvalue weighted by molar-refractivity contribution is -0.682. The first-order valence-corrected chi connectivity index (χ1v) is 6.13. The zero-order valence-corrected chi connectivity index (χ0v) is 10.5. The van der Waals surface area contributed by atoms with E-state index in [1.807, 2.05) is 18.2 Å². The Bertz CT molecular complexity index is 474. The number of hydrogen-bond acceptors (Lipinski definition) is 0. The molecule has 0 unspecified atom stereocenters. The van der Waals surface area contributed by atoms with E-state index in [1.165, 1.54) is 16.5 Å². The van der Waals surface area contributed by atoms with Gasteiger partial charge in [-0.3, -0.25) is 0 Å². The molecule has 0 atom stereocenters. The monoisotopic (exact) mass is 237 g/mol. The van der Waals surface area contributed by atoms with Gasteiger partial charge in [0.05, 0.1) is 12.6 Å². The standard InChI is InChI=1S/C13H17ClN2/c1-9(2)15-6-5-10-8-16-13-4-3-11(14)7-12(10)13/h3-4,7-9,15-16H,5-6H2,1-2H3/p+1. The van der Waals surface area contributed by atoms with Crippen molar-refractivity contribution in [3.05, 3.63) is 35.0 Å². The minimum Gasteiger partial charge on any atom is -0.361 e. The van der Waals surface area contributed by atoms with Crippen LogP contribution in [0.1, 0.15) is 19.4 Å². The van der Waals surface area contributed by atoms with Crippen LogP contribution in [0.4, 0.5) is 0 Å². The molecule has 0 radical (unpaired) electrons. The van der Waals surface area contributed by atoms with Crippen LogP contribution < -0.4 is 5.32 Å². The Kier molecular flexibility index (Phi) is 3.52. The number of H-pyrrole nitrogens is 1. The van der Waals surface area contributed by atoms with E-state index < -0.39 is 0 Å². The third kappa shape index (κ3) is 2.57. The van der Waals surface area contributed by atoms with Gasteiger partial charge in [0.1, 0.15) is 0 Å². The zero-order chi connectivity index (χ0) is 11.5. The van der Waals surface area contributed by atoms with Crippen LogP contribution in [-0.4, -0.2) is 17.6 Å². The minimum absolute atomic E-state index is 0.661. The summed E-state index contributed by atoms with van der Waals surface area (Å²) in [6.45, 7) is 5.55. The maximum atomic E-state index is 6.01. The van der Waals surface area contributed by atoms with Crippen molar-refractivity contribution < 1.29 is 5.32 Å². The maximum absolute atomic E-state index is 6.01. The van der Waals surface area contributed by atoms with Crippen LogP contribution in [0.5, 0.6) is 0 Å². The highest BCUT2D eigenvalue weighted by Crippen LogP contribution is 2.22. The average molecular weight is 238 g/mol. The molecule has 2 rings (SSSR count). The third-order valence-electron chi connectivity index (χ3n) is 2.78. The molecule has 1 aromatic heterocycles. The number of aromatic nitrogens is 1. The number of rotatable bonds is 4. The quantitative estimate of drug-likeness (QED) is 0.819. The van der Waals surface area contributed by atoms with Gasteiger partial charge < -0.3 is 10.3 Å². The van der Waals surface area contributed by atoms with E-state index in [2.05, 4.69) is 30.3 Å². The van der Waals surface area contributed by atoms with Crippen molar-refractivity contribution in [1.82, 2.24) is 4.98 Å². The van der Waals surface area contributed by atoms with Gasteiger partial charge in [0.15, 0.2) is 0 Å². The zero-order valence-electron chi connectivity index (χ0n) is 9.76. The van der Waals surface area contributed by atoms with Crippen molar-refractivity contribution in [3.8, 4) is 0 Å². The van der Waals surface area contributed by atoms with Gasteiger partial charge in [0, 0.05) is 28.5 Å². The Morgan fingerprint density at radius 1 is 1.38 bits per heavy atom. The van der Waals surface area contributed by atoms with Crippen molar-refractivity contribution >= 4 is 22.5 Å². The molecule has 0 aliphatic carbocycles. The van der Waals surface area contributed by atoms with E-state index in [4.69, 9.17) is 11.6 Å². The molecule has 0 bridgehead atoms. The summed E-state index contributed by atoms with van der Waals surface area (Å²) in [7, 11) is 0. The predicted molar refractivity (Wildman–Crippen MR) is 68.9 cm³/mol. The van der Waals surface area contributed by atoms with E-state index in [1.54, 1.807) is 0 Å². The van der Waals surface area contributed by atoms with Crippen LogP contribution in [0.3, 0.4) is 0 Å². The lowest BCUT2D eigenvalue weighted by Crippen LogP contribution is -2.88. The van der Waals surface area contributed by atoms with E-state index >= 15 is 0 Å². The van der Waals surface area contributed by atoms with Crippen molar-refractivity contribution in [2.24, 2.45) is 0 Å². The highest BCUT2D eigenvalue weighted by molar-refractivity contribution is 6.31. The van der Waals surface area contributed by atoms with Crippen molar-refractivity contribution in [2.45, 2.75) is 26.3 Å². The summed E-state index contributed by atoms with van der Waals surface area (Å²) >= 11 is 6.01. The van der Waals surface area contributed by atoms with Crippen LogP contribution in [0, 0.1) is 0 Å².